The van der Waals surface area contributed by atoms with Gasteiger partial charge in [-0.1, -0.05) is 6.08 Å². The van der Waals surface area contributed by atoms with Gasteiger partial charge < -0.3 is 9.84 Å². The molecule has 1 N–H and O–H groups in total. The fraction of sp³-hybridized carbons (Fsp3) is 0.667. The van der Waals surface area contributed by atoms with Gasteiger partial charge in [0.1, 0.15) is 0 Å². The molecule has 4 nitrogen and oxygen atoms in total. The lowest BCUT2D eigenvalue weighted by Gasteiger charge is -2.21. The van der Waals surface area contributed by atoms with Crippen LogP contribution in [0.4, 0.5) is 0 Å². The summed E-state index contributed by atoms with van der Waals surface area (Å²) in [4.78, 5) is 21.3. The predicted octanol–water partition coefficient (Wildman–Crippen LogP) is 1.94. The van der Waals surface area contributed by atoms with Gasteiger partial charge in [0.15, 0.2) is 5.78 Å². The minimum absolute atomic E-state index is 0.143. The number of ketones is 1. The second-order valence-corrected chi connectivity index (χ2v) is 4.05. The number of hydrogen-bond donors (Lipinski definition) is 1. The molecule has 0 aromatic rings. The molecule has 4 heteroatoms. The molecule has 0 aromatic heterocycles. The predicted molar refractivity (Wildman–Crippen MR) is 59.2 cm³/mol. The zero-order valence-corrected chi connectivity index (χ0v) is 9.57. The van der Waals surface area contributed by atoms with Crippen molar-refractivity contribution >= 4 is 11.8 Å². The first kappa shape index (κ1) is 12.9. The average Bonchev–Trinajstić information content (AvgIpc) is 2.25. The van der Waals surface area contributed by atoms with E-state index in [1.54, 1.807) is 6.92 Å². The van der Waals surface area contributed by atoms with Crippen LogP contribution in [-0.4, -0.2) is 29.6 Å². The fourth-order valence-corrected chi connectivity index (χ4v) is 1.75. The van der Waals surface area contributed by atoms with E-state index in [2.05, 4.69) is 0 Å². The summed E-state index contributed by atoms with van der Waals surface area (Å²) < 4.78 is 5.54. The summed E-state index contributed by atoms with van der Waals surface area (Å²) in [6, 6.07) is 0. The molecule has 0 amide bonds. The van der Waals surface area contributed by atoms with Gasteiger partial charge in [-0.25, -0.2) is 0 Å². The van der Waals surface area contributed by atoms with Gasteiger partial charge in [0.05, 0.1) is 6.10 Å². The van der Waals surface area contributed by atoms with Gasteiger partial charge in [0.25, 0.3) is 0 Å². The molecule has 0 bridgehead atoms. The molecule has 0 saturated carbocycles. The van der Waals surface area contributed by atoms with E-state index in [9.17, 15) is 9.59 Å². The molecule has 0 aromatic carbocycles. The van der Waals surface area contributed by atoms with Crippen LogP contribution in [0.2, 0.25) is 0 Å². The number of ether oxygens (including phenoxy) is 1. The number of allylic oxidation sites excluding steroid dienone is 1. The molecule has 1 rings (SSSR count). The first-order chi connectivity index (χ1) is 7.59. The molecule has 0 heterocycles. The van der Waals surface area contributed by atoms with Crippen LogP contribution in [0.15, 0.2) is 11.6 Å². The smallest absolute Gasteiger partial charge is 0.303 e. The first-order valence-corrected chi connectivity index (χ1v) is 5.63. The Labute approximate surface area is 95.3 Å². The number of rotatable bonds is 6. The van der Waals surface area contributed by atoms with Crippen LogP contribution in [0.1, 0.15) is 39.0 Å². The Hall–Kier alpha value is -1.16. The Morgan fingerprint density at radius 1 is 1.56 bits per heavy atom. The highest BCUT2D eigenvalue weighted by Gasteiger charge is 2.16. The van der Waals surface area contributed by atoms with Crippen LogP contribution >= 0.6 is 0 Å². The van der Waals surface area contributed by atoms with E-state index in [-0.39, 0.29) is 18.3 Å². The lowest BCUT2D eigenvalue weighted by atomic mass is 9.95. The van der Waals surface area contributed by atoms with Crippen LogP contribution in [-0.2, 0) is 14.3 Å². The Bertz CT molecular complexity index is 293. The van der Waals surface area contributed by atoms with Gasteiger partial charge in [0, 0.05) is 13.0 Å². The van der Waals surface area contributed by atoms with Crippen LogP contribution < -0.4 is 0 Å². The van der Waals surface area contributed by atoms with E-state index in [1.807, 2.05) is 6.08 Å². The summed E-state index contributed by atoms with van der Waals surface area (Å²) in [5.74, 6) is -0.643. The van der Waals surface area contributed by atoms with Crippen molar-refractivity contribution in [3.8, 4) is 0 Å². The SMILES string of the molecule is CC(=O)C1=CC[C@H](OCCCC(=O)O)CC1. The first-order valence-electron chi connectivity index (χ1n) is 5.63. The summed E-state index contributed by atoms with van der Waals surface area (Å²) in [7, 11) is 0. The van der Waals surface area contributed by atoms with Gasteiger partial charge in [-0.3, -0.25) is 9.59 Å². The van der Waals surface area contributed by atoms with Gasteiger partial charge >= 0.3 is 5.97 Å². The van der Waals surface area contributed by atoms with Gasteiger partial charge in [-0.15, -0.1) is 0 Å². The summed E-state index contributed by atoms with van der Waals surface area (Å²) in [5, 5.41) is 8.44. The second-order valence-electron chi connectivity index (χ2n) is 4.05. The Morgan fingerprint density at radius 3 is 2.81 bits per heavy atom. The number of hydrogen-bond acceptors (Lipinski definition) is 3. The van der Waals surface area contributed by atoms with Crippen molar-refractivity contribution in [2.75, 3.05) is 6.61 Å². The molecule has 0 radical (unpaired) electrons. The molecule has 16 heavy (non-hydrogen) atoms. The lowest BCUT2D eigenvalue weighted by Crippen LogP contribution is -2.18. The number of carbonyl (C=O) groups excluding carboxylic acids is 1. The van der Waals surface area contributed by atoms with Gasteiger partial charge in [-0.05, 0) is 38.2 Å². The third kappa shape index (κ3) is 4.57. The molecule has 1 atom stereocenters. The van der Waals surface area contributed by atoms with Crippen molar-refractivity contribution in [3.63, 3.8) is 0 Å². The van der Waals surface area contributed by atoms with E-state index in [0.29, 0.717) is 13.0 Å². The zero-order chi connectivity index (χ0) is 12.0. The van der Waals surface area contributed by atoms with Crippen LogP contribution in [0.25, 0.3) is 0 Å². The van der Waals surface area contributed by atoms with Crippen LogP contribution in [0, 0.1) is 0 Å². The average molecular weight is 226 g/mol. The van der Waals surface area contributed by atoms with E-state index in [4.69, 9.17) is 9.84 Å². The molecule has 1 aliphatic carbocycles. The monoisotopic (exact) mass is 226 g/mol. The molecule has 0 fully saturated rings. The third-order valence-electron chi connectivity index (χ3n) is 2.70. The molecule has 0 spiro atoms. The van der Waals surface area contributed by atoms with Crippen molar-refractivity contribution in [2.45, 2.75) is 45.1 Å². The van der Waals surface area contributed by atoms with E-state index >= 15 is 0 Å². The second kappa shape index (κ2) is 6.43. The molecule has 0 unspecified atom stereocenters. The van der Waals surface area contributed by atoms with Crippen molar-refractivity contribution < 1.29 is 19.4 Å². The quantitative estimate of drug-likeness (QED) is 0.703. The fourth-order valence-electron chi connectivity index (χ4n) is 1.75. The van der Waals surface area contributed by atoms with Crippen LogP contribution in [0.3, 0.4) is 0 Å². The minimum atomic E-state index is -0.786. The number of carboxylic acid groups (broad SMARTS) is 1. The van der Waals surface area contributed by atoms with E-state index < -0.39 is 5.97 Å². The molecular weight excluding hydrogens is 208 g/mol. The number of carboxylic acids is 1. The largest absolute Gasteiger partial charge is 0.481 e. The van der Waals surface area contributed by atoms with Gasteiger partial charge in [0.2, 0.25) is 0 Å². The maximum Gasteiger partial charge on any atom is 0.303 e. The molecule has 90 valence electrons. The topological polar surface area (TPSA) is 63.6 Å². The van der Waals surface area contributed by atoms with Crippen molar-refractivity contribution in [2.24, 2.45) is 0 Å². The molecular formula is C12H18O4. The summed E-state index contributed by atoms with van der Waals surface area (Å²) in [6.07, 6.45) is 5.20. The highest BCUT2D eigenvalue weighted by atomic mass is 16.5. The highest BCUT2D eigenvalue weighted by Crippen LogP contribution is 2.21. The number of aliphatic carboxylic acids is 1. The Kier molecular flexibility index (Phi) is 5.19. The Balaban J connectivity index is 2.17. The van der Waals surface area contributed by atoms with Crippen molar-refractivity contribution in [1.82, 2.24) is 0 Å². The normalized spacial score (nSPS) is 20.3. The molecule has 0 aliphatic heterocycles. The number of carbonyl (C=O) groups is 2. The van der Waals surface area contributed by atoms with Gasteiger partial charge in [-0.2, -0.15) is 0 Å². The van der Waals surface area contributed by atoms with Crippen molar-refractivity contribution in [3.05, 3.63) is 11.6 Å². The number of Topliss-reactive ketones (excluding diaryl/α,β-unsaturated/α-hetero) is 1. The summed E-state index contributed by atoms with van der Waals surface area (Å²) in [5.41, 5.74) is 0.894. The third-order valence-corrected chi connectivity index (χ3v) is 2.70. The molecule has 0 saturated heterocycles. The standard InChI is InChI=1S/C12H18O4/c1-9(13)10-4-6-11(7-5-10)16-8-2-3-12(14)15/h4,11H,2-3,5-8H2,1H3,(H,14,15)/t11-/m0/s1. The van der Waals surface area contributed by atoms with Crippen LogP contribution in [0.5, 0.6) is 0 Å². The van der Waals surface area contributed by atoms with Crippen molar-refractivity contribution in [1.29, 1.82) is 0 Å². The van der Waals surface area contributed by atoms with E-state index in [1.165, 1.54) is 0 Å². The molecule has 1 aliphatic rings. The zero-order valence-electron chi connectivity index (χ0n) is 9.57. The summed E-state index contributed by atoms with van der Waals surface area (Å²) in [6.45, 7) is 2.07. The Morgan fingerprint density at radius 2 is 2.31 bits per heavy atom. The summed E-state index contributed by atoms with van der Waals surface area (Å²) >= 11 is 0. The lowest BCUT2D eigenvalue weighted by molar-refractivity contribution is -0.137. The maximum atomic E-state index is 11.1. The van der Waals surface area contributed by atoms with E-state index in [0.717, 1.165) is 24.8 Å². The maximum absolute atomic E-state index is 11.1. The minimum Gasteiger partial charge on any atom is -0.481 e. The highest BCUT2D eigenvalue weighted by molar-refractivity contribution is 5.93.